The molecule has 5 heteroatoms. The molecule has 0 aliphatic carbocycles. The highest BCUT2D eigenvalue weighted by molar-refractivity contribution is 7.07. The lowest BCUT2D eigenvalue weighted by Crippen LogP contribution is -2.27. The van der Waals surface area contributed by atoms with Crippen LogP contribution in [0.2, 0.25) is 0 Å². The smallest absolute Gasteiger partial charge is 0.220 e. The third-order valence-corrected chi connectivity index (χ3v) is 4.05. The Balaban J connectivity index is 2.31. The molecule has 0 aliphatic heterocycles. The average Bonchev–Trinajstić information content (AvgIpc) is 2.83. The molecular weight excluding hydrogens is 258 g/mol. The number of amides is 1. The summed E-state index contributed by atoms with van der Waals surface area (Å²) in [7, 11) is 0. The second-order valence-electron chi connectivity index (χ2n) is 5.94. The van der Waals surface area contributed by atoms with Crippen molar-refractivity contribution in [3.8, 4) is 0 Å². The second kappa shape index (κ2) is 7.60. The van der Waals surface area contributed by atoms with Crippen LogP contribution in [-0.4, -0.2) is 17.4 Å². The molecule has 4 nitrogen and oxygen atoms in total. The molecule has 1 rings (SSSR count). The van der Waals surface area contributed by atoms with Crippen molar-refractivity contribution in [2.75, 3.05) is 6.54 Å². The number of nitrogens with two attached hydrogens (primary N) is 1. The standard InChI is InChI=1S/C14H25N3OS/c1-14(2,3)11(6-7-15)4-5-13(18)16-8-12-9-19-10-17-12/h9-11H,4-8,15H2,1-3H3,(H,16,18). The van der Waals surface area contributed by atoms with Crippen molar-refractivity contribution >= 4 is 17.2 Å². The summed E-state index contributed by atoms with van der Waals surface area (Å²) in [6.07, 6.45) is 2.43. The Morgan fingerprint density at radius 1 is 1.47 bits per heavy atom. The van der Waals surface area contributed by atoms with Gasteiger partial charge in [-0.05, 0) is 30.7 Å². The number of nitrogens with zero attached hydrogens (tertiary/aromatic N) is 1. The Hall–Kier alpha value is -0.940. The Labute approximate surface area is 119 Å². The van der Waals surface area contributed by atoms with Gasteiger partial charge < -0.3 is 11.1 Å². The van der Waals surface area contributed by atoms with Gasteiger partial charge in [-0.15, -0.1) is 11.3 Å². The van der Waals surface area contributed by atoms with Gasteiger partial charge in [-0.2, -0.15) is 0 Å². The SMILES string of the molecule is CC(C)(C)C(CCN)CCC(=O)NCc1cscn1. The van der Waals surface area contributed by atoms with E-state index in [1.807, 2.05) is 5.38 Å². The highest BCUT2D eigenvalue weighted by Crippen LogP contribution is 2.31. The van der Waals surface area contributed by atoms with Gasteiger partial charge in [0.25, 0.3) is 0 Å². The fourth-order valence-electron chi connectivity index (χ4n) is 2.12. The van der Waals surface area contributed by atoms with E-state index in [1.54, 1.807) is 16.8 Å². The number of rotatable bonds is 7. The zero-order chi connectivity index (χ0) is 14.3. The van der Waals surface area contributed by atoms with E-state index >= 15 is 0 Å². The monoisotopic (exact) mass is 283 g/mol. The molecule has 19 heavy (non-hydrogen) atoms. The lowest BCUT2D eigenvalue weighted by atomic mass is 9.76. The summed E-state index contributed by atoms with van der Waals surface area (Å²) in [6.45, 7) is 7.84. The third kappa shape index (κ3) is 6.16. The maximum atomic E-state index is 11.8. The molecule has 0 aromatic carbocycles. The molecule has 1 aromatic heterocycles. The van der Waals surface area contributed by atoms with Crippen LogP contribution in [0.25, 0.3) is 0 Å². The predicted molar refractivity (Wildman–Crippen MR) is 79.8 cm³/mol. The predicted octanol–water partition coefficient (Wildman–Crippen LogP) is 2.55. The molecule has 0 fully saturated rings. The van der Waals surface area contributed by atoms with Crippen molar-refractivity contribution in [2.24, 2.45) is 17.1 Å². The van der Waals surface area contributed by atoms with Crippen LogP contribution in [0, 0.1) is 11.3 Å². The number of carbonyl (C=O) groups is 1. The van der Waals surface area contributed by atoms with E-state index in [4.69, 9.17) is 5.73 Å². The van der Waals surface area contributed by atoms with Crippen molar-refractivity contribution in [3.63, 3.8) is 0 Å². The van der Waals surface area contributed by atoms with Gasteiger partial charge in [0.2, 0.25) is 5.91 Å². The van der Waals surface area contributed by atoms with Crippen molar-refractivity contribution < 1.29 is 4.79 Å². The molecule has 0 saturated carbocycles. The van der Waals surface area contributed by atoms with Crippen LogP contribution < -0.4 is 11.1 Å². The van der Waals surface area contributed by atoms with Crippen molar-refractivity contribution in [1.82, 2.24) is 10.3 Å². The molecule has 1 aromatic rings. The van der Waals surface area contributed by atoms with E-state index in [0.29, 0.717) is 25.4 Å². The molecule has 0 saturated heterocycles. The summed E-state index contributed by atoms with van der Waals surface area (Å²) in [4.78, 5) is 15.9. The van der Waals surface area contributed by atoms with Gasteiger partial charge in [-0.3, -0.25) is 4.79 Å². The highest BCUT2D eigenvalue weighted by atomic mass is 32.1. The number of hydrogen-bond acceptors (Lipinski definition) is 4. The first-order valence-electron chi connectivity index (χ1n) is 6.77. The summed E-state index contributed by atoms with van der Waals surface area (Å²) >= 11 is 1.54. The lowest BCUT2D eigenvalue weighted by molar-refractivity contribution is -0.121. The Kier molecular flexibility index (Phi) is 6.45. The molecule has 0 aliphatic rings. The summed E-state index contributed by atoms with van der Waals surface area (Å²) in [5.74, 6) is 0.585. The van der Waals surface area contributed by atoms with Gasteiger partial charge in [-0.25, -0.2) is 4.98 Å². The van der Waals surface area contributed by atoms with E-state index in [9.17, 15) is 4.79 Å². The van der Waals surface area contributed by atoms with Crippen LogP contribution in [0.3, 0.4) is 0 Å². The third-order valence-electron chi connectivity index (χ3n) is 3.41. The molecule has 1 amide bonds. The first-order chi connectivity index (χ1) is 8.93. The van der Waals surface area contributed by atoms with Gasteiger partial charge in [0, 0.05) is 11.8 Å². The minimum absolute atomic E-state index is 0.0965. The number of nitrogens with one attached hydrogen (secondary N) is 1. The summed E-state index contributed by atoms with van der Waals surface area (Å²) in [5, 5.41) is 4.86. The first-order valence-corrected chi connectivity index (χ1v) is 7.71. The van der Waals surface area contributed by atoms with Crippen LogP contribution in [0.15, 0.2) is 10.9 Å². The maximum Gasteiger partial charge on any atom is 0.220 e. The molecule has 108 valence electrons. The largest absolute Gasteiger partial charge is 0.350 e. The zero-order valence-corrected chi connectivity index (χ0v) is 12.9. The van der Waals surface area contributed by atoms with Crippen molar-refractivity contribution in [2.45, 2.75) is 46.6 Å². The highest BCUT2D eigenvalue weighted by Gasteiger charge is 2.24. The zero-order valence-electron chi connectivity index (χ0n) is 12.1. The van der Waals surface area contributed by atoms with Crippen LogP contribution in [0.1, 0.15) is 45.7 Å². The maximum absolute atomic E-state index is 11.8. The van der Waals surface area contributed by atoms with E-state index in [-0.39, 0.29) is 11.3 Å². The molecular formula is C14H25N3OS. The molecule has 1 unspecified atom stereocenters. The van der Waals surface area contributed by atoms with Crippen molar-refractivity contribution in [1.29, 1.82) is 0 Å². The number of aromatic nitrogens is 1. The van der Waals surface area contributed by atoms with Gasteiger partial charge in [0.15, 0.2) is 0 Å². The number of thiazole rings is 1. The quantitative estimate of drug-likeness (QED) is 0.808. The van der Waals surface area contributed by atoms with E-state index in [0.717, 1.165) is 18.5 Å². The number of carbonyl (C=O) groups excluding carboxylic acids is 1. The second-order valence-corrected chi connectivity index (χ2v) is 6.65. The first kappa shape index (κ1) is 16.1. The normalized spacial score (nSPS) is 13.3. The molecule has 0 spiro atoms. The van der Waals surface area contributed by atoms with Gasteiger partial charge in [-0.1, -0.05) is 20.8 Å². The Morgan fingerprint density at radius 2 is 2.21 bits per heavy atom. The fourth-order valence-corrected chi connectivity index (χ4v) is 2.68. The van der Waals surface area contributed by atoms with E-state index in [2.05, 4.69) is 31.1 Å². The van der Waals surface area contributed by atoms with Crippen molar-refractivity contribution in [3.05, 3.63) is 16.6 Å². The lowest BCUT2D eigenvalue weighted by Gasteiger charge is -2.30. The average molecular weight is 283 g/mol. The van der Waals surface area contributed by atoms with Crippen LogP contribution in [0.5, 0.6) is 0 Å². The molecule has 3 N–H and O–H groups in total. The summed E-state index contributed by atoms with van der Waals surface area (Å²) < 4.78 is 0. The molecule has 1 atom stereocenters. The topological polar surface area (TPSA) is 68.0 Å². The molecule has 0 radical (unpaired) electrons. The van der Waals surface area contributed by atoms with Gasteiger partial charge >= 0.3 is 0 Å². The Morgan fingerprint density at radius 3 is 2.74 bits per heavy atom. The molecule has 0 bridgehead atoms. The minimum Gasteiger partial charge on any atom is -0.350 e. The van der Waals surface area contributed by atoms with E-state index in [1.165, 1.54) is 0 Å². The summed E-state index contributed by atoms with van der Waals surface area (Å²) in [5.41, 5.74) is 8.55. The minimum atomic E-state index is 0.0965. The summed E-state index contributed by atoms with van der Waals surface area (Å²) in [6, 6.07) is 0. The van der Waals surface area contributed by atoms with Gasteiger partial charge in [0.1, 0.15) is 0 Å². The number of hydrogen-bond donors (Lipinski definition) is 2. The van der Waals surface area contributed by atoms with Crippen LogP contribution in [-0.2, 0) is 11.3 Å². The van der Waals surface area contributed by atoms with E-state index < -0.39 is 0 Å². The van der Waals surface area contributed by atoms with Crippen LogP contribution >= 0.6 is 11.3 Å². The molecule has 1 heterocycles. The Bertz CT molecular complexity index is 371. The van der Waals surface area contributed by atoms with Gasteiger partial charge in [0.05, 0.1) is 17.7 Å². The fraction of sp³-hybridized carbons (Fsp3) is 0.714. The van der Waals surface area contributed by atoms with Crippen LogP contribution in [0.4, 0.5) is 0 Å².